The molecule has 0 amide bonds. The topological polar surface area (TPSA) is 53.5 Å². The summed E-state index contributed by atoms with van der Waals surface area (Å²) in [6, 6.07) is 34.6. The zero-order chi connectivity index (χ0) is 66.7. The molecule has 0 bridgehead atoms. The Morgan fingerprint density at radius 3 is 1.28 bits per heavy atom. The van der Waals surface area contributed by atoms with E-state index in [1.54, 1.807) is 16.7 Å². The minimum absolute atomic E-state index is 0.0533. The predicted molar refractivity (Wildman–Crippen MR) is 317 cm³/mol. The second kappa shape index (κ2) is 17.6. The molecule has 0 atom stereocenters. The zero-order valence-corrected chi connectivity index (χ0v) is 40.8. The van der Waals surface area contributed by atoms with Gasteiger partial charge < -0.3 is 9.13 Å². The third kappa shape index (κ3) is 6.62. The number of rotatable bonds is 9. The van der Waals surface area contributed by atoms with Gasteiger partial charge in [-0.15, -0.1) is 0 Å². The van der Waals surface area contributed by atoms with Crippen LogP contribution < -0.4 is 20.7 Å². The Kier molecular flexibility index (Phi) is 6.61. The molecule has 0 radical (unpaired) electrons. The molecule has 0 spiro atoms. The standard InChI is InChI=1S/C69H46N6Si/c1-5-24-47(25-6-1)67-70-68(48-26-21-33-52(46-48)76(49-27-7-2-8-28-49,50-29-9-3-10-30-50)51-31-11-4-12-32-51)72-69(71-67)75-62-43-20-16-37-56(62)58-39-23-45-64(66(58)75)74-61-42-19-15-36-55(61)57-38-22-44-63(65(57)74)73-59-40-17-13-34-53(59)54-35-14-18-41-60(54)73/h1-46H/i1D,2D,3D,5D,6D,7D,8D,9D,10D,21D,24D,25D,26D,27D,28D,29D,30D,33D,46D. The molecule has 0 saturated carbocycles. The van der Waals surface area contributed by atoms with Crippen molar-refractivity contribution in [1.29, 1.82) is 0 Å². The van der Waals surface area contributed by atoms with E-state index < -0.39 is 161 Å². The lowest BCUT2D eigenvalue weighted by molar-refractivity contribution is 0.950. The van der Waals surface area contributed by atoms with Gasteiger partial charge in [0.25, 0.3) is 0 Å². The van der Waals surface area contributed by atoms with Crippen LogP contribution in [-0.4, -0.2) is 36.7 Å². The van der Waals surface area contributed by atoms with Crippen LogP contribution in [-0.2, 0) is 0 Å². The van der Waals surface area contributed by atoms with Crippen molar-refractivity contribution in [2.24, 2.45) is 0 Å². The van der Waals surface area contributed by atoms with E-state index in [9.17, 15) is 13.7 Å². The highest BCUT2D eigenvalue weighted by atomic mass is 28.3. The third-order valence-corrected chi connectivity index (χ3v) is 18.3. The van der Waals surface area contributed by atoms with Crippen molar-refractivity contribution in [3.63, 3.8) is 0 Å². The predicted octanol–water partition coefficient (Wildman–Crippen LogP) is 13.9. The van der Waals surface area contributed by atoms with Crippen molar-refractivity contribution in [2.75, 3.05) is 0 Å². The average Bonchev–Trinajstić information content (AvgIpc) is 1.23. The van der Waals surface area contributed by atoms with Gasteiger partial charge >= 0.3 is 0 Å². The molecule has 0 saturated heterocycles. The maximum absolute atomic E-state index is 10.7. The lowest BCUT2D eigenvalue weighted by Gasteiger charge is -2.34. The second-order valence-electron chi connectivity index (χ2n) is 18.1. The minimum Gasteiger partial charge on any atom is -0.307 e. The molecule has 11 aromatic carbocycles. The Labute approximate surface area is 466 Å². The number of para-hydroxylation sites is 6. The maximum atomic E-state index is 10.7. The van der Waals surface area contributed by atoms with Gasteiger partial charge in [-0.2, -0.15) is 9.97 Å². The maximum Gasteiger partial charge on any atom is 0.238 e. The van der Waals surface area contributed by atoms with Crippen LogP contribution in [0.4, 0.5) is 0 Å². The smallest absolute Gasteiger partial charge is 0.238 e. The molecule has 6 nitrogen and oxygen atoms in total. The molecule has 0 aliphatic heterocycles. The van der Waals surface area contributed by atoms with Gasteiger partial charge in [-0.1, -0.05) is 242 Å². The summed E-state index contributed by atoms with van der Waals surface area (Å²) in [4.78, 5) is 15.0. The van der Waals surface area contributed by atoms with Crippen molar-refractivity contribution < 1.29 is 26.0 Å². The van der Waals surface area contributed by atoms with Crippen LogP contribution >= 0.6 is 0 Å². The number of nitrogens with zero attached hydrogens (tertiary/aromatic N) is 6. The van der Waals surface area contributed by atoms with E-state index in [4.69, 9.17) is 27.3 Å². The van der Waals surface area contributed by atoms with Gasteiger partial charge in [0, 0.05) is 43.4 Å². The molecule has 0 aliphatic rings. The summed E-state index contributed by atoms with van der Waals surface area (Å²) in [7, 11) is -5.54. The van der Waals surface area contributed by atoms with Crippen molar-refractivity contribution in [3.05, 3.63) is 279 Å². The molecule has 7 heteroatoms. The average molecular weight is 1010 g/mol. The van der Waals surface area contributed by atoms with Gasteiger partial charge in [-0.05, 0) is 57.1 Å². The normalized spacial score (nSPS) is 15.4. The second-order valence-corrected chi connectivity index (χ2v) is 21.6. The molecular weight excluding hydrogens is 941 g/mol. The van der Waals surface area contributed by atoms with E-state index in [0.717, 1.165) is 49.3 Å². The van der Waals surface area contributed by atoms with Crippen molar-refractivity contribution in [2.45, 2.75) is 0 Å². The Bertz CT molecular complexity index is 5680. The van der Waals surface area contributed by atoms with Gasteiger partial charge in [0.15, 0.2) is 19.7 Å². The summed E-state index contributed by atoms with van der Waals surface area (Å²) in [6.45, 7) is 0. The molecule has 0 unspecified atom stereocenters. The van der Waals surface area contributed by atoms with Crippen molar-refractivity contribution in [1.82, 2.24) is 28.7 Å². The van der Waals surface area contributed by atoms with Crippen molar-refractivity contribution >= 4 is 94.2 Å². The van der Waals surface area contributed by atoms with Crippen molar-refractivity contribution in [3.8, 4) is 40.1 Å². The summed E-state index contributed by atoms with van der Waals surface area (Å²) in [6.07, 6.45) is 0. The van der Waals surface area contributed by atoms with E-state index in [2.05, 4.69) is 45.5 Å². The summed E-state index contributed by atoms with van der Waals surface area (Å²) >= 11 is 0. The van der Waals surface area contributed by atoms with E-state index >= 15 is 0 Å². The number of benzene rings is 11. The number of fused-ring (bicyclic) bond motifs is 9. The lowest BCUT2D eigenvalue weighted by atomic mass is 10.1. The molecule has 4 heterocycles. The Hall–Kier alpha value is -9.95. The third-order valence-electron chi connectivity index (χ3n) is 14.1. The molecule has 0 aliphatic carbocycles. The summed E-state index contributed by atoms with van der Waals surface area (Å²) in [5.74, 6) is -1.52. The highest BCUT2D eigenvalue weighted by Gasteiger charge is 2.41. The van der Waals surface area contributed by atoms with Crippen LogP contribution in [0.25, 0.3) is 106 Å². The highest BCUT2D eigenvalue weighted by molar-refractivity contribution is 7.19. The lowest BCUT2D eigenvalue weighted by Crippen LogP contribution is -2.74. The Morgan fingerprint density at radius 2 is 0.711 bits per heavy atom. The summed E-state index contributed by atoms with van der Waals surface area (Å²) in [5, 5.41) is 3.23. The minimum atomic E-state index is -5.54. The highest BCUT2D eigenvalue weighted by Crippen LogP contribution is 2.43. The molecule has 15 rings (SSSR count). The first-order valence-electron chi connectivity index (χ1n) is 33.8. The van der Waals surface area contributed by atoms with Crippen LogP contribution in [0.5, 0.6) is 0 Å². The first-order chi connectivity index (χ1) is 45.6. The van der Waals surface area contributed by atoms with E-state index in [1.165, 1.54) is 24.3 Å². The summed E-state index contributed by atoms with van der Waals surface area (Å²) in [5.41, 5.74) is 4.64. The summed E-state index contributed by atoms with van der Waals surface area (Å²) < 4.78 is 184. The molecule has 76 heavy (non-hydrogen) atoms. The van der Waals surface area contributed by atoms with E-state index in [0.29, 0.717) is 27.5 Å². The quantitative estimate of drug-likeness (QED) is 0.107. The fourth-order valence-corrected chi connectivity index (χ4v) is 14.9. The first-order valence-corrected chi connectivity index (χ1v) is 26.3. The Balaban J connectivity index is 1.12. The largest absolute Gasteiger partial charge is 0.307 e. The van der Waals surface area contributed by atoms with Gasteiger partial charge in [-0.3, -0.25) is 4.57 Å². The van der Waals surface area contributed by atoms with Gasteiger partial charge in [0.05, 0.1) is 70.5 Å². The molecule has 0 fully saturated rings. The molecule has 0 N–H and O–H groups in total. The monoisotopic (exact) mass is 1010 g/mol. The Morgan fingerprint density at radius 1 is 0.303 bits per heavy atom. The SMILES string of the molecule is [2H]c1c([2H])c([2H])c(-c2nc(-c3c([2H])c([2H])c([2H])c([Si](c4ccccc4)(c4c([2H])c([2H])c([2H])c([2H])c4[2H])c4c([2H])c([2H])c([2H])c([2H])c4[2H])c3[2H])nc(-n3c4ccccc4c4cccc(-n5c6ccccc6c6cccc(-n7c8ccccc8c8ccccc87)c65)c43)n2)c([2H])c1[2H]. The molecule has 4 aromatic heterocycles. The molecule has 356 valence electrons. The fourth-order valence-electron chi connectivity index (χ4n) is 11.1. The first kappa shape index (κ1) is 28.5. The van der Waals surface area contributed by atoms with E-state index in [1.807, 2.05) is 91.0 Å². The van der Waals surface area contributed by atoms with Crippen LogP contribution in [0.1, 0.15) is 26.0 Å². The molecule has 15 aromatic rings. The zero-order valence-electron chi connectivity index (χ0n) is 58.8. The van der Waals surface area contributed by atoms with Crippen LogP contribution in [0.2, 0.25) is 0 Å². The van der Waals surface area contributed by atoms with Gasteiger partial charge in [-0.25, -0.2) is 4.98 Å². The van der Waals surface area contributed by atoms with Crippen LogP contribution in [0.3, 0.4) is 0 Å². The van der Waals surface area contributed by atoms with Gasteiger partial charge in [0.1, 0.15) is 0 Å². The number of hydrogen-bond donors (Lipinski definition) is 0. The number of hydrogen-bond acceptors (Lipinski definition) is 3. The molecular formula is C69H46N6Si. The van der Waals surface area contributed by atoms with E-state index in [-0.39, 0.29) is 11.1 Å². The van der Waals surface area contributed by atoms with Crippen LogP contribution in [0, 0.1) is 0 Å². The van der Waals surface area contributed by atoms with Gasteiger partial charge in [0.2, 0.25) is 5.95 Å². The number of aromatic nitrogens is 6. The van der Waals surface area contributed by atoms with Crippen LogP contribution in [0.15, 0.2) is 279 Å². The fraction of sp³-hybridized carbons (Fsp3) is 0.